The summed E-state index contributed by atoms with van der Waals surface area (Å²) >= 11 is 0. The molecule has 0 saturated heterocycles. The van der Waals surface area contributed by atoms with Crippen LogP contribution >= 0.6 is 0 Å². The third-order valence-corrected chi connectivity index (χ3v) is 5.81. The van der Waals surface area contributed by atoms with E-state index in [1.165, 1.54) is 16.2 Å². The molecule has 1 aromatic rings. The van der Waals surface area contributed by atoms with Crippen molar-refractivity contribution in [3.8, 4) is 0 Å². The Kier molecular flexibility index (Phi) is 6.03. The summed E-state index contributed by atoms with van der Waals surface area (Å²) in [4.78, 5) is 19.0. The van der Waals surface area contributed by atoms with Gasteiger partial charge in [-0.1, -0.05) is 50.0 Å². The lowest BCUT2D eigenvalue weighted by atomic mass is 9.94. The number of hydrogen-bond donors (Lipinski definition) is 0. The SMILES string of the molecule is CC1=C(C[Si](C)(C)C)[C@@H](C)N(C(=O)OC(C)(C)C)O[C@H]1c1ccccc1. The first-order valence-corrected chi connectivity index (χ1v) is 13.0. The molecule has 0 aromatic heterocycles. The van der Waals surface area contributed by atoms with E-state index < -0.39 is 19.8 Å². The highest BCUT2D eigenvalue weighted by Crippen LogP contribution is 2.39. The number of hydrogen-bond acceptors (Lipinski definition) is 3. The lowest BCUT2D eigenvalue weighted by molar-refractivity contribution is -0.196. The van der Waals surface area contributed by atoms with Gasteiger partial charge in [0.15, 0.2) is 0 Å². The first-order chi connectivity index (χ1) is 11.9. The Hall–Kier alpha value is -1.59. The number of benzene rings is 1. The Morgan fingerprint density at radius 3 is 2.27 bits per heavy atom. The molecule has 1 heterocycles. The van der Waals surface area contributed by atoms with Gasteiger partial charge < -0.3 is 4.74 Å². The average molecular weight is 376 g/mol. The van der Waals surface area contributed by atoms with Crippen LogP contribution in [0.25, 0.3) is 0 Å². The van der Waals surface area contributed by atoms with E-state index in [2.05, 4.69) is 26.6 Å². The molecular weight excluding hydrogens is 342 g/mol. The summed E-state index contributed by atoms with van der Waals surface area (Å²) in [6, 6.07) is 11.0. The molecule has 5 heteroatoms. The van der Waals surface area contributed by atoms with E-state index in [1.807, 2.05) is 58.0 Å². The second-order valence-electron chi connectivity index (χ2n) is 9.32. The van der Waals surface area contributed by atoms with Crippen molar-refractivity contribution in [2.45, 2.75) is 78.1 Å². The molecule has 1 aromatic carbocycles. The summed E-state index contributed by atoms with van der Waals surface area (Å²) in [7, 11) is -1.36. The molecular formula is C21H33NO3Si. The average Bonchev–Trinajstić information content (AvgIpc) is 2.49. The fourth-order valence-corrected chi connectivity index (χ4v) is 4.95. The van der Waals surface area contributed by atoms with Crippen LogP contribution < -0.4 is 0 Å². The van der Waals surface area contributed by atoms with Gasteiger partial charge in [0.1, 0.15) is 11.7 Å². The molecule has 0 fully saturated rings. The molecule has 0 N–H and O–H groups in total. The molecule has 0 spiro atoms. The Morgan fingerprint density at radius 1 is 1.19 bits per heavy atom. The van der Waals surface area contributed by atoms with Crippen molar-refractivity contribution in [1.82, 2.24) is 5.06 Å². The van der Waals surface area contributed by atoms with Gasteiger partial charge in [-0.25, -0.2) is 4.79 Å². The molecule has 1 aliphatic rings. The van der Waals surface area contributed by atoms with Gasteiger partial charge in [0.05, 0.1) is 6.04 Å². The summed E-state index contributed by atoms with van der Waals surface area (Å²) in [6.07, 6.45) is -0.683. The molecule has 2 rings (SSSR count). The van der Waals surface area contributed by atoms with Crippen molar-refractivity contribution in [2.75, 3.05) is 0 Å². The van der Waals surface area contributed by atoms with Gasteiger partial charge >= 0.3 is 6.09 Å². The molecule has 0 saturated carbocycles. The van der Waals surface area contributed by atoms with Crippen LogP contribution in [0.3, 0.4) is 0 Å². The molecule has 0 bridgehead atoms. The van der Waals surface area contributed by atoms with E-state index in [1.54, 1.807) is 0 Å². The van der Waals surface area contributed by atoms with Crippen molar-refractivity contribution in [1.29, 1.82) is 0 Å². The van der Waals surface area contributed by atoms with Crippen molar-refractivity contribution in [3.05, 3.63) is 47.0 Å². The summed E-state index contributed by atoms with van der Waals surface area (Å²) in [6.45, 7) is 16.8. The lowest BCUT2D eigenvalue weighted by Gasteiger charge is -2.41. The standard InChI is InChI=1S/C21H33NO3Si/c1-15-18(14-26(6,7)8)16(2)22(20(23)24-21(3,4)5)25-19(15)17-12-10-9-11-13-17/h9-13,16,19H,14H2,1-8H3/t16-,19-/m1/s1. The topological polar surface area (TPSA) is 38.8 Å². The normalized spacial score (nSPS) is 21.8. The molecule has 1 aliphatic heterocycles. The van der Waals surface area contributed by atoms with Crippen molar-refractivity contribution in [2.24, 2.45) is 0 Å². The Balaban J connectivity index is 2.44. The molecule has 2 atom stereocenters. The predicted molar refractivity (Wildman–Crippen MR) is 109 cm³/mol. The summed E-state index contributed by atoms with van der Waals surface area (Å²) in [5.41, 5.74) is 3.01. The third-order valence-electron chi connectivity index (χ3n) is 4.37. The second kappa shape index (κ2) is 7.57. The number of ether oxygens (including phenoxy) is 1. The highest BCUT2D eigenvalue weighted by molar-refractivity contribution is 6.76. The number of carbonyl (C=O) groups is 1. The van der Waals surface area contributed by atoms with Crippen LogP contribution in [0, 0.1) is 0 Å². The van der Waals surface area contributed by atoms with E-state index in [-0.39, 0.29) is 12.1 Å². The first kappa shape index (κ1) is 20.7. The lowest BCUT2D eigenvalue weighted by Crippen LogP contribution is -2.47. The predicted octanol–water partition coefficient (Wildman–Crippen LogP) is 5.95. The smallest absolute Gasteiger partial charge is 0.435 e. The number of nitrogens with zero attached hydrogens (tertiary/aromatic N) is 1. The van der Waals surface area contributed by atoms with Crippen molar-refractivity contribution < 1.29 is 14.4 Å². The molecule has 0 radical (unpaired) electrons. The maximum absolute atomic E-state index is 12.8. The van der Waals surface area contributed by atoms with Crippen LogP contribution in [0.1, 0.15) is 46.3 Å². The van der Waals surface area contributed by atoms with Gasteiger partial charge in [0, 0.05) is 8.07 Å². The van der Waals surface area contributed by atoms with E-state index in [0.717, 1.165) is 11.6 Å². The largest absolute Gasteiger partial charge is 0.442 e. The van der Waals surface area contributed by atoms with E-state index in [0.29, 0.717) is 0 Å². The summed E-state index contributed by atoms with van der Waals surface area (Å²) in [5.74, 6) is 0. The molecule has 4 nitrogen and oxygen atoms in total. The zero-order chi connectivity index (χ0) is 19.7. The molecule has 1 amide bonds. The minimum absolute atomic E-state index is 0.128. The van der Waals surface area contributed by atoms with Gasteiger partial charge in [-0.2, -0.15) is 5.06 Å². The van der Waals surface area contributed by atoms with Crippen LogP contribution in [0.4, 0.5) is 4.79 Å². The van der Waals surface area contributed by atoms with Crippen molar-refractivity contribution >= 4 is 14.2 Å². The van der Waals surface area contributed by atoms with E-state index in [9.17, 15) is 4.79 Å². The fraction of sp³-hybridized carbons (Fsp3) is 0.571. The minimum Gasteiger partial charge on any atom is -0.442 e. The number of rotatable bonds is 3. The zero-order valence-electron chi connectivity index (χ0n) is 17.4. The molecule has 0 aliphatic carbocycles. The molecule has 26 heavy (non-hydrogen) atoms. The number of hydroxylamine groups is 2. The monoisotopic (exact) mass is 375 g/mol. The van der Waals surface area contributed by atoms with Gasteiger partial charge in [0.25, 0.3) is 0 Å². The number of carbonyl (C=O) groups excluding carboxylic acids is 1. The third kappa shape index (κ3) is 5.21. The highest BCUT2D eigenvalue weighted by atomic mass is 28.3. The van der Waals surface area contributed by atoms with Gasteiger partial charge in [-0.05, 0) is 57.4 Å². The van der Waals surface area contributed by atoms with E-state index >= 15 is 0 Å². The van der Waals surface area contributed by atoms with Crippen LogP contribution in [0.15, 0.2) is 41.5 Å². The van der Waals surface area contributed by atoms with Crippen LogP contribution in [-0.4, -0.2) is 30.9 Å². The van der Waals surface area contributed by atoms with Gasteiger partial charge in [-0.3, -0.25) is 4.84 Å². The molecule has 144 valence electrons. The Labute approximate surface area is 159 Å². The highest BCUT2D eigenvalue weighted by Gasteiger charge is 2.39. The van der Waals surface area contributed by atoms with E-state index in [4.69, 9.17) is 9.57 Å². The maximum atomic E-state index is 12.8. The number of amides is 1. The Morgan fingerprint density at radius 2 is 1.77 bits per heavy atom. The van der Waals surface area contributed by atoms with Crippen LogP contribution in [-0.2, 0) is 9.57 Å². The first-order valence-electron chi connectivity index (χ1n) is 9.32. The zero-order valence-corrected chi connectivity index (χ0v) is 18.4. The minimum atomic E-state index is -1.36. The van der Waals surface area contributed by atoms with Gasteiger partial charge in [0.2, 0.25) is 0 Å². The van der Waals surface area contributed by atoms with Crippen LogP contribution in [0.5, 0.6) is 0 Å². The summed E-state index contributed by atoms with van der Waals surface area (Å²) < 4.78 is 5.60. The quantitative estimate of drug-likeness (QED) is 0.484. The van der Waals surface area contributed by atoms with Crippen LogP contribution in [0.2, 0.25) is 25.7 Å². The van der Waals surface area contributed by atoms with Crippen molar-refractivity contribution in [3.63, 3.8) is 0 Å². The fourth-order valence-electron chi connectivity index (χ4n) is 3.23. The Bertz CT molecular complexity index is 671. The maximum Gasteiger partial charge on any atom is 0.435 e. The summed E-state index contributed by atoms with van der Waals surface area (Å²) in [5, 5.41) is 1.44. The second-order valence-corrected chi connectivity index (χ2v) is 14.8. The molecule has 0 unspecified atom stereocenters. The van der Waals surface area contributed by atoms with Gasteiger partial charge in [-0.15, -0.1) is 0 Å².